The molecule has 1 aromatic rings. The lowest BCUT2D eigenvalue weighted by Crippen LogP contribution is -2.62. The Morgan fingerprint density at radius 3 is 2.21 bits per heavy atom. The zero-order valence-corrected chi connectivity index (χ0v) is 15.0. The molecule has 10 heteroatoms. The summed E-state index contributed by atoms with van der Waals surface area (Å²) in [7, 11) is 0. The fraction of sp³-hybridized carbons (Fsp3) is 0.667. The number of aliphatic hydroxyl groups excluding tert-OH is 6. The molecule has 0 spiro atoms. The lowest BCUT2D eigenvalue weighted by atomic mass is 9.99. The van der Waals surface area contributed by atoms with Crippen molar-refractivity contribution in [1.29, 1.82) is 0 Å². The Kier molecular flexibility index (Phi) is 7.34. The summed E-state index contributed by atoms with van der Waals surface area (Å²) in [5.74, 6) is 0. The van der Waals surface area contributed by atoms with Crippen LogP contribution in [-0.4, -0.2) is 99.2 Å². The predicted octanol–water partition coefficient (Wildman–Crippen LogP) is -2.53. The summed E-state index contributed by atoms with van der Waals surface area (Å²) in [6.07, 6.45) is -12.3. The number of ether oxygens (including phenoxy) is 4. The van der Waals surface area contributed by atoms with E-state index in [0.29, 0.717) is 0 Å². The Labute approximate surface area is 161 Å². The molecule has 0 radical (unpaired) electrons. The van der Waals surface area contributed by atoms with Gasteiger partial charge in [-0.3, -0.25) is 0 Å². The lowest BCUT2D eigenvalue weighted by molar-refractivity contribution is -0.344. The molecule has 0 saturated carbocycles. The van der Waals surface area contributed by atoms with E-state index in [1.54, 1.807) is 0 Å². The fourth-order valence-corrected chi connectivity index (χ4v) is 3.14. The summed E-state index contributed by atoms with van der Waals surface area (Å²) in [6, 6.07) is 9.24. The number of hydrogen-bond acceptors (Lipinski definition) is 10. The number of aliphatic hydroxyl groups is 6. The van der Waals surface area contributed by atoms with Crippen molar-refractivity contribution in [2.75, 3.05) is 13.2 Å². The molecule has 10 nitrogen and oxygen atoms in total. The summed E-state index contributed by atoms with van der Waals surface area (Å²) in [6.45, 7) is -0.604. The van der Waals surface area contributed by atoms with E-state index in [2.05, 4.69) is 0 Å². The molecular weight excluding hydrogens is 376 g/mol. The van der Waals surface area contributed by atoms with Crippen molar-refractivity contribution in [1.82, 2.24) is 0 Å². The van der Waals surface area contributed by atoms with E-state index in [9.17, 15) is 30.6 Å². The Hall–Kier alpha value is -1.18. The number of hydrogen-bond donors (Lipinski definition) is 6. The van der Waals surface area contributed by atoms with Crippen molar-refractivity contribution < 1.29 is 49.6 Å². The first kappa shape index (κ1) is 21.5. The van der Waals surface area contributed by atoms with Crippen LogP contribution in [0.2, 0.25) is 0 Å². The van der Waals surface area contributed by atoms with Crippen molar-refractivity contribution in [2.24, 2.45) is 0 Å². The summed E-state index contributed by atoms with van der Waals surface area (Å²) >= 11 is 0. The summed E-state index contributed by atoms with van der Waals surface area (Å²) in [5, 5.41) is 59.4. The molecule has 2 saturated heterocycles. The Bertz CT molecular complexity index is 599. The fourth-order valence-electron chi connectivity index (χ4n) is 3.14. The lowest BCUT2D eigenvalue weighted by Gasteiger charge is -2.43. The van der Waals surface area contributed by atoms with E-state index in [1.807, 2.05) is 30.3 Å². The highest BCUT2D eigenvalue weighted by Gasteiger charge is 2.47. The third-order valence-electron chi connectivity index (χ3n) is 4.85. The minimum atomic E-state index is -1.62. The Morgan fingerprint density at radius 2 is 1.54 bits per heavy atom. The van der Waals surface area contributed by atoms with Crippen molar-refractivity contribution >= 4 is 0 Å². The Morgan fingerprint density at radius 1 is 0.857 bits per heavy atom. The van der Waals surface area contributed by atoms with Crippen LogP contribution in [0.4, 0.5) is 0 Å². The van der Waals surface area contributed by atoms with Gasteiger partial charge in [0.15, 0.2) is 12.6 Å². The average molecular weight is 402 g/mol. The van der Waals surface area contributed by atoms with Crippen molar-refractivity contribution in [3.8, 4) is 0 Å². The van der Waals surface area contributed by atoms with Gasteiger partial charge in [0.1, 0.15) is 42.7 Å². The topological polar surface area (TPSA) is 158 Å². The zero-order chi connectivity index (χ0) is 20.3. The zero-order valence-electron chi connectivity index (χ0n) is 15.0. The van der Waals surface area contributed by atoms with Crippen LogP contribution in [0.1, 0.15) is 5.56 Å². The predicted molar refractivity (Wildman–Crippen MR) is 91.6 cm³/mol. The van der Waals surface area contributed by atoms with E-state index in [0.717, 1.165) is 5.56 Å². The molecule has 28 heavy (non-hydrogen) atoms. The van der Waals surface area contributed by atoms with Gasteiger partial charge in [-0.2, -0.15) is 0 Å². The van der Waals surface area contributed by atoms with Crippen LogP contribution in [-0.2, 0) is 25.6 Å². The molecule has 0 aliphatic carbocycles. The molecule has 0 bridgehead atoms. The molecule has 1 aromatic carbocycles. The molecule has 158 valence electrons. The molecular formula is C18H26O10. The first-order valence-electron chi connectivity index (χ1n) is 9.01. The van der Waals surface area contributed by atoms with Gasteiger partial charge >= 0.3 is 0 Å². The summed E-state index contributed by atoms with van der Waals surface area (Å²) in [4.78, 5) is 0. The van der Waals surface area contributed by atoms with Crippen LogP contribution < -0.4 is 0 Å². The molecule has 2 aliphatic heterocycles. The number of rotatable bonds is 6. The monoisotopic (exact) mass is 402 g/mol. The third-order valence-corrected chi connectivity index (χ3v) is 4.85. The van der Waals surface area contributed by atoms with E-state index >= 15 is 0 Å². The molecule has 2 fully saturated rings. The van der Waals surface area contributed by atoms with Gasteiger partial charge in [0.2, 0.25) is 0 Å². The summed E-state index contributed by atoms with van der Waals surface area (Å²) in [5.41, 5.74) is 0.868. The smallest absolute Gasteiger partial charge is 0.187 e. The van der Waals surface area contributed by atoms with Crippen LogP contribution in [0.25, 0.3) is 0 Å². The number of benzene rings is 1. The average Bonchev–Trinajstić information content (AvgIpc) is 2.71. The van der Waals surface area contributed by atoms with Gasteiger partial charge in [-0.05, 0) is 5.56 Å². The quantitative estimate of drug-likeness (QED) is 0.300. The molecule has 0 amide bonds. The maximum absolute atomic E-state index is 10.3. The standard InChI is InChI=1S/C18H26O10/c19-6-10-12(20)14(22)16(24)18(27-10)28-11-8-26-17(15(23)13(11)21)25-7-9-4-2-1-3-5-9/h1-5,10-24H,6-8H2/t10-,11-,12+,13+,14+,15-,16-,17-,18+/m0/s1. The van der Waals surface area contributed by atoms with Gasteiger partial charge in [0.25, 0.3) is 0 Å². The van der Waals surface area contributed by atoms with Crippen LogP contribution >= 0.6 is 0 Å². The van der Waals surface area contributed by atoms with E-state index in [4.69, 9.17) is 18.9 Å². The second-order valence-corrected chi connectivity index (χ2v) is 6.85. The van der Waals surface area contributed by atoms with Crippen LogP contribution in [0, 0.1) is 0 Å². The second-order valence-electron chi connectivity index (χ2n) is 6.85. The van der Waals surface area contributed by atoms with Gasteiger partial charge in [-0.25, -0.2) is 0 Å². The highest BCUT2D eigenvalue weighted by molar-refractivity contribution is 5.13. The third kappa shape index (κ3) is 4.69. The molecule has 9 atom stereocenters. The Balaban J connectivity index is 1.55. The van der Waals surface area contributed by atoms with E-state index < -0.39 is 61.9 Å². The second kappa shape index (κ2) is 9.55. The van der Waals surface area contributed by atoms with Crippen molar-refractivity contribution in [2.45, 2.75) is 61.9 Å². The largest absolute Gasteiger partial charge is 0.394 e. The van der Waals surface area contributed by atoms with Gasteiger partial charge in [-0.15, -0.1) is 0 Å². The molecule has 0 unspecified atom stereocenters. The minimum Gasteiger partial charge on any atom is -0.394 e. The van der Waals surface area contributed by atoms with Crippen LogP contribution in [0.3, 0.4) is 0 Å². The normalized spacial score (nSPS) is 41.7. The van der Waals surface area contributed by atoms with Crippen LogP contribution in [0.15, 0.2) is 30.3 Å². The van der Waals surface area contributed by atoms with E-state index in [-0.39, 0.29) is 13.2 Å². The minimum absolute atomic E-state index is 0.174. The summed E-state index contributed by atoms with van der Waals surface area (Å²) < 4.78 is 21.6. The van der Waals surface area contributed by atoms with Gasteiger partial charge in [-0.1, -0.05) is 30.3 Å². The highest BCUT2D eigenvalue weighted by Crippen LogP contribution is 2.26. The van der Waals surface area contributed by atoms with Crippen molar-refractivity contribution in [3.05, 3.63) is 35.9 Å². The van der Waals surface area contributed by atoms with E-state index in [1.165, 1.54) is 0 Å². The SMILES string of the molecule is OC[C@@H]1O[C@H](O[C@H]2CO[C@H](OCc3ccccc3)[C@@H](O)[C@@H]2O)[C@@H](O)[C@H](O)[C@@H]1O. The highest BCUT2D eigenvalue weighted by atomic mass is 16.7. The first-order valence-corrected chi connectivity index (χ1v) is 9.01. The molecule has 2 heterocycles. The molecule has 2 aliphatic rings. The van der Waals surface area contributed by atoms with Gasteiger partial charge in [0, 0.05) is 0 Å². The maximum atomic E-state index is 10.3. The van der Waals surface area contributed by atoms with Crippen molar-refractivity contribution in [3.63, 3.8) is 0 Å². The van der Waals surface area contributed by atoms with Gasteiger partial charge in [0.05, 0.1) is 19.8 Å². The molecule has 6 N–H and O–H groups in total. The van der Waals surface area contributed by atoms with Crippen LogP contribution in [0.5, 0.6) is 0 Å². The van der Waals surface area contributed by atoms with Gasteiger partial charge < -0.3 is 49.6 Å². The maximum Gasteiger partial charge on any atom is 0.187 e. The first-order chi connectivity index (χ1) is 13.4. The molecule has 0 aromatic heterocycles. The molecule has 3 rings (SSSR count).